The lowest BCUT2D eigenvalue weighted by Gasteiger charge is -2.31. The molecule has 5 heteroatoms. The predicted octanol–water partition coefficient (Wildman–Crippen LogP) is 3.01. The number of rotatable bonds is 8. The molecule has 0 aliphatic rings. The first-order chi connectivity index (χ1) is 9.88. The Balaban J connectivity index is 3.32. The highest BCUT2D eigenvalue weighted by atomic mass is 32.2. The minimum absolute atomic E-state index is 0.0100. The van der Waals surface area contributed by atoms with Gasteiger partial charge in [-0.15, -0.1) is 0 Å². The molecule has 4 nitrogen and oxygen atoms in total. The number of hydrogen-bond acceptors (Lipinski definition) is 3. The molecule has 1 rings (SSSR count). The molecule has 0 bridgehead atoms. The second-order valence-corrected chi connectivity index (χ2v) is 7.56. The Hall–Kier alpha value is -0.910. The molecule has 0 saturated heterocycles. The van der Waals surface area contributed by atoms with Crippen LogP contribution in [0.25, 0.3) is 0 Å². The van der Waals surface area contributed by atoms with Gasteiger partial charge in [-0.25, -0.2) is 8.42 Å². The van der Waals surface area contributed by atoms with E-state index in [1.54, 1.807) is 28.6 Å². The third kappa shape index (κ3) is 4.28. The molecule has 1 N–H and O–H groups in total. The van der Waals surface area contributed by atoms with Crippen LogP contribution in [0.1, 0.15) is 46.1 Å². The monoisotopic (exact) mass is 313 g/mol. The molecule has 0 aliphatic heterocycles. The average molecular weight is 313 g/mol. The Morgan fingerprint density at radius 1 is 1.14 bits per heavy atom. The summed E-state index contributed by atoms with van der Waals surface area (Å²) >= 11 is 0. The van der Waals surface area contributed by atoms with Crippen molar-refractivity contribution in [3.63, 3.8) is 0 Å². The van der Waals surface area contributed by atoms with Gasteiger partial charge in [0.2, 0.25) is 10.0 Å². The van der Waals surface area contributed by atoms with Gasteiger partial charge in [-0.3, -0.25) is 0 Å². The minimum atomic E-state index is -3.59. The fourth-order valence-corrected chi connectivity index (χ4v) is 4.66. The summed E-state index contributed by atoms with van der Waals surface area (Å²) in [7, 11) is -3.59. The lowest BCUT2D eigenvalue weighted by Crippen LogP contribution is -2.42. The van der Waals surface area contributed by atoms with Gasteiger partial charge < -0.3 is 5.11 Å². The lowest BCUT2D eigenvalue weighted by molar-refractivity contribution is 0.269. The van der Waals surface area contributed by atoms with E-state index in [2.05, 4.69) is 0 Å². The summed E-state index contributed by atoms with van der Waals surface area (Å²) in [5.74, 6) is 0.252. The number of sulfonamides is 1. The highest BCUT2D eigenvalue weighted by Crippen LogP contribution is 2.25. The van der Waals surface area contributed by atoms with Crippen LogP contribution in [0.5, 0.6) is 0 Å². The Kier molecular flexibility index (Phi) is 6.84. The number of hydrogen-bond donors (Lipinski definition) is 1. The normalized spacial score (nSPS) is 12.6. The van der Waals surface area contributed by atoms with Crippen LogP contribution in [-0.2, 0) is 16.6 Å². The molecule has 0 aliphatic carbocycles. The second kappa shape index (κ2) is 7.92. The highest BCUT2D eigenvalue weighted by molar-refractivity contribution is 7.89. The van der Waals surface area contributed by atoms with Crippen molar-refractivity contribution in [2.24, 2.45) is 5.92 Å². The van der Waals surface area contributed by atoms with E-state index in [-0.39, 0.29) is 23.5 Å². The summed E-state index contributed by atoms with van der Waals surface area (Å²) in [6, 6.07) is 6.68. The summed E-state index contributed by atoms with van der Waals surface area (Å²) in [5, 5.41) is 9.42. The summed E-state index contributed by atoms with van der Waals surface area (Å²) < 4.78 is 27.6. The molecule has 0 atom stereocenters. The van der Waals surface area contributed by atoms with Crippen molar-refractivity contribution in [3.8, 4) is 0 Å². The van der Waals surface area contributed by atoms with Crippen molar-refractivity contribution in [1.29, 1.82) is 0 Å². The van der Waals surface area contributed by atoms with Crippen molar-refractivity contribution >= 4 is 10.0 Å². The van der Waals surface area contributed by atoms with Crippen LogP contribution in [0.2, 0.25) is 0 Å². The van der Waals surface area contributed by atoms with Gasteiger partial charge in [-0.2, -0.15) is 4.31 Å². The third-order valence-corrected chi connectivity index (χ3v) is 5.64. The van der Waals surface area contributed by atoms with Gasteiger partial charge in [0.25, 0.3) is 0 Å². The Morgan fingerprint density at radius 2 is 1.71 bits per heavy atom. The van der Waals surface area contributed by atoms with Crippen LogP contribution in [0.4, 0.5) is 0 Å². The zero-order valence-electron chi connectivity index (χ0n) is 13.4. The van der Waals surface area contributed by atoms with Gasteiger partial charge in [0.05, 0.1) is 11.5 Å². The number of nitrogens with zero attached hydrogens (tertiary/aromatic N) is 1. The van der Waals surface area contributed by atoms with Crippen LogP contribution in [0.15, 0.2) is 29.2 Å². The first-order valence-corrected chi connectivity index (χ1v) is 9.03. The van der Waals surface area contributed by atoms with Gasteiger partial charge in [0, 0.05) is 12.6 Å². The first-order valence-electron chi connectivity index (χ1n) is 7.59. The molecule has 0 unspecified atom stereocenters. The van der Waals surface area contributed by atoms with Gasteiger partial charge in [-0.05, 0) is 30.4 Å². The van der Waals surface area contributed by atoms with E-state index < -0.39 is 10.0 Å². The largest absolute Gasteiger partial charge is 0.392 e. The number of benzene rings is 1. The summed E-state index contributed by atoms with van der Waals surface area (Å²) in [4.78, 5) is 0.222. The van der Waals surface area contributed by atoms with Gasteiger partial charge >= 0.3 is 0 Å². The van der Waals surface area contributed by atoms with E-state index >= 15 is 0 Å². The van der Waals surface area contributed by atoms with Crippen LogP contribution >= 0.6 is 0 Å². The molecule has 0 fully saturated rings. The Bertz CT molecular complexity index is 536. The zero-order valence-corrected chi connectivity index (χ0v) is 14.2. The summed E-state index contributed by atoms with van der Waals surface area (Å²) in [6.45, 7) is 8.28. The predicted molar refractivity (Wildman–Crippen MR) is 85.5 cm³/mol. The fourth-order valence-electron chi connectivity index (χ4n) is 2.51. The maximum absolute atomic E-state index is 13.0. The fraction of sp³-hybridized carbons (Fsp3) is 0.625. The zero-order chi connectivity index (χ0) is 16.0. The van der Waals surface area contributed by atoms with E-state index in [0.29, 0.717) is 12.1 Å². The molecular formula is C16H27NO3S. The first kappa shape index (κ1) is 18.1. The molecule has 0 spiro atoms. The van der Waals surface area contributed by atoms with E-state index in [0.717, 1.165) is 12.8 Å². The summed E-state index contributed by atoms with van der Waals surface area (Å²) in [6.07, 6.45) is 1.56. The van der Waals surface area contributed by atoms with Gasteiger partial charge in [0.1, 0.15) is 0 Å². The van der Waals surface area contributed by atoms with Crippen LogP contribution in [-0.4, -0.2) is 30.4 Å². The van der Waals surface area contributed by atoms with Crippen LogP contribution in [0.3, 0.4) is 0 Å². The molecule has 1 aromatic carbocycles. The average Bonchev–Trinajstić information content (AvgIpc) is 2.47. The summed E-state index contributed by atoms with van der Waals surface area (Å²) in [5.41, 5.74) is 0.456. The molecule has 0 amide bonds. The third-order valence-electron chi connectivity index (χ3n) is 3.62. The molecule has 1 aromatic rings. The standard InChI is InChI=1S/C16H27NO3S/c1-5-15(6-2)17(11-13(3)4)21(19,20)16-10-8-7-9-14(16)12-18/h7-10,13,15,18H,5-6,11-12H2,1-4H3. The van der Waals surface area contributed by atoms with E-state index in [1.807, 2.05) is 27.7 Å². The Labute approximate surface area is 128 Å². The molecular weight excluding hydrogens is 286 g/mol. The molecule has 0 radical (unpaired) electrons. The number of aliphatic hydroxyl groups excluding tert-OH is 1. The van der Waals surface area contributed by atoms with Gasteiger partial charge in [0.15, 0.2) is 0 Å². The molecule has 21 heavy (non-hydrogen) atoms. The minimum Gasteiger partial charge on any atom is -0.392 e. The van der Waals surface area contributed by atoms with E-state index in [9.17, 15) is 13.5 Å². The maximum atomic E-state index is 13.0. The molecule has 0 heterocycles. The molecule has 0 aromatic heterocycles. The maximum Gasteiger partial charge on any atom is 0.243 e. The SMILES string of the molecule is CCC(CC)N(CC(C)C)S(=O)(=O)c1ccccc1CO. The van der Waals surface area contributed by atoms with Crippen molar-refractivity contribution < 1.29 is 13.5 Å². The molecule has 0 saturated carbocycles. The smallest absolute Gasteiger partial charge is 0.243 e. The van der Waals surface area contributed by atoms with E-state index in [1.165, 1.54) is 0 Å². The van der Waals surface area contributed by atoms with Crippen molar-refractivity contribution in [3.05, 3.63) is 29.8 Å². The molecule has 120 valence electrons. The lowest BCUT2D eigenvalue weighted by atomic mass is 10.1. The van der Waals surface area contributed by atoms with E-state index in [4.69, 9.17) is 0 Å². The Morgan fingerprint density at radius 3 is 2.19 bits per heavy atom. The number of aliphatic hydroxyl groups is 1. The quantitative estimate of drug-likeness (QED) is 0.802. The van der Waals surface area contributed by atoms with Crippen molar-refractivity contribution in [2.75, 3.05) is 6.54 Å². The van der Waals surface area contributed by atoms with Crippen LogP contribution < -0.4 is 0 Å². The topological polar surface area (TPSA) is 57.6 Å². The van der Waals surface area contributed by atoms with Gasteiger partial charge in [-0.1, -0.05) is 45.9 Å². The van der Waals surface area contributed by atoms with Crippen LogP contribution in [0, 0.1) is 5.92 Å². The highest BCUT2D eigenvalue weighted by Gasteiger charge is 2.31. The van der Waals surface area contributed by atoms with Crippen molar-refractivity contribution in [2.45, 2.75) is 58.1 Å². The second-order valence-electron chi connectivity index (χ2n) is 5.70. The van der Waals surface area contributed by atoms with Crippen molar-refractivity contribution in [1.82, 2.24) is 4.31 Å².